The SMILES string of the molecule is COc1cc(/C=N/NC(=O)COc2cccc(C)c2)ccc1OC(C)C. The van der Waals surface area contributed by atoms with Crippen LogP contribution in [-0.4, -0.2) is 31.9 Å². The molecule has 0 saturated heterocycles. The van der Waals surface area contributed by atoms with E-state index >= 15 is 0 Å². The van der Waals surface area contributed by atoms with Gasteiger partial charge in [-0.05, 0) is 62.2 Å². The van der Waals surface area contributed by atoms with E-state index in [1.165, 1.54) is 6.21 Å². The van der Waals surface area contributed by atoms with Crippen molar-refractivity contribution in [3.63, 3.8) is 0 Å². The number of nitrogens with zero attached hydrogens (tertiary/aromatic N) is 1. The van der Waals surface area contributed by atoms with Gasteiger partial charge in [-0.15, -0.1) is 0 Å². The van der Waals surface area contributed by atoms with Crippen LogP contribution < -0.4 is 19.6 Å². The molecule has 0 aliphatic heterocycles. The Morgan fingerprint density at radius 1 is 1.19 bits per heavy atom. The van der Waals surface area contributed by atoms with E-state index in [4.69, 9.17) is 14.2 Å². The highest BCUT2D eigenvalue weighted by atomic mass is 16.5. The van der Waals surface area contributed by atoms with Gasteiger partial charge in [0.2, 0.25) is 0 Å². The van der Waals surface area contributed by atoms with Gasteiger partial charge in [0, 0.05) is 0 Å². The molecule has 1 N–H and O–H groups in total. The summed E-state index contributed by atoms with van der Waals surface area (Å²) in [6.45, 7) is 5.75. The van der Waals surface area contributed by atoms with Crippen molar-refractivity contribution < 1.29 is 19.0 Å². The van der Waals surface area contributed by atoms with E-state index in [9.17, 15) is 4.79 Å². The smallest absolute Gasteiger partial charge is 0.277 e. The lowest BCUT2D eigenvalue weighted by Gasteiger charge is -2.13. The van der Waals surface area contributed by atoms with Crippen LogP contribution in [0.5, 0.6) is 17.2 Å². The van der Waals surface area contributed by atoms with E-state index < -0.39 is 0 Å². The van der Waals surface area contributed by atoms with Crippen molar-refractivity contribution in [2.24, 2.45) is 5.10 Å². The minimum Gasteiger partial charge on any atom is -0.493 e. The van der Waals surface area contributed by atoms with E-state index in [0.29, 0.717) is 17.2 Å². The topological polar surface area (TPSA) is 69.2 Å². The molecule has 0 bridgehead atoms. The number of benzene rings is 2. The maximum atomic E-state index is 11.8. The van der Waals surface area contributed by atoms with Gasteiger partial charge in [0.15, 0.2) is 18.1 Å². The molecule has 2 rings (SSSR count). The average Bonchev–Trinajstić information content (AvgIpc) is 2.61. The van der Waals surface area contributed by atoms with Crippen molar-refractivity contribution >= 4 is 12.1 Å². The number of amides is 1. The molecule has 0 unspecified atom stereocenters. The molecule has 0 spiro atoms. The minimum absolute atomic E-state index is 0.0520. The van der Waals surface area contributed by atoms with Crippen LogP contribution >= 0.6 is 0 Å². The molecule has 0 aromatic heterocycles. The summed E-state index contributed by atoms with van der Waals surface area (Å²) in [7, 11) is 1.58. The van der Waals surface area contributed by atoms with Gasteiger partial charge in [-0.2, -0.15) is 5.10 Å². The summed E-state index contributed by atoms with van der Waals surface area (Å²) in [5.41, 5.74) is 4.28. The summed E-state index contributed by atoms with van der Waals surface area (Å²) in [5.74, 6) is 1.58. The third-order valence-corrected chi connectivity index (χ3v) is 3.31. The zero-order valence-electron chi connectivity index (χ0n) is 15.5. The van der Waals surface area contributed by atoms with Crippen LogP contribution in [0.1, 0.15) is 25.0 Å². The lowest BCUT2D eigenvalue weighted by molar-refractivity contribution is -0.123. The molecule has 0 aliphatic carbocycles. The van der Waals surface area contributed by atoms with Crippen LogP contribution in [-0.2, 0) is 4.79 Å². The Morgan fingerprint density at radius 3 is 2.69 bits per heavy atom. The Bertz CT molecular complexity index is 772. The molecule has 0 heterocycles. The van der Waals surface area contributed by atoms with Gasteiger partial charge >= 0.3 is 0 Å². The second-order valence-corrected chi connectivity index (χ2v) is 5.98. The quantitative estimate of drug-likeness (QED) is 0.582. The standard InChI is InChI=1S/C20H24N2O4/c1-14(2)26-18-9-8-16(11-19(18)24-4)12-21-22-20(23)13-25-17-7-5-6-15(3)10-17/h5-12,14H,13H2,1-4H3,(H,22,23)/b21-12+. The molecular weight excluding hydrogens is 332 g/mol. The van der Waals surface area contributed by atoms with Crippen LogP contribution in [0, 0.1) is 6.92 Å². The van der Waals surface area contributed by atoms with Gasteiger partial charge in [-0.1, -0.05) is 12.1 Å². The first kappa shape index (κ1) is 19.3. The highest BCUT2D eigenvalue weighted by molar-refractivity contribution is 5.83. The van der Waals surface area contributed by atoms with E-state index in [-0.39, 0.29) is 18.6 Å². The molecule has 0 atom stereocenters. The fraction of sp³-hybridized carbons (Fsp3) is 0.300. The van der Waals surface area contributed by atoms with Crippen molar-refractivity contribution in [2.45, 2.75) is 26.9 Å². The zero-order chi connectivity index (χ0) is 18.9. The van der Waals surface area contributed by atoms with Crippen LogP contribution in [0.25, 0.3) is 0 Å². The van der Waals surface area contributed by atoms with Gasteiger partial charge in [0.05, 0.1) is 19.4 Å². The van der Waals surface area contributed by atoms with Crippen LogP contribution in [0.2, 0.25) is 0 Å². The molecule has 26 heavy (non-hydrogen) atoms. The first-order chi connectivity index (χ1) is 12.5. The molecule has 2 aromatic rings. The second kappa shape index (κ2) is 9.46. The van der Waals surface area contributed by atoms with Gasteiger partial charge in [0.25, 0.3) is 5.91 Å². The number of aryl methyl sites for hydroxylation is 1. The summed E-state index contributed by atoms with van der Waals surface area (Å²) in [4.78, 5) is 11.8. The predicted octanol–water partition coefficient (Wildman–Crippen LogP) is 3.32. The molecule has 2 aromatic carbocycles. The number of hydrazone groups is 1. The lowest BCUT2D eigenvalue weighted by atomic mass is 10.2. The number of carbonyl (C=O) groups is 1. The molecule has 0 saturated carbocycles. The third-order valence-electron chi connectivity index (χ3n) is 3.31. The van der Waals surface area contributed by atoms with Crippen LogP contribution in [0.4, 0.5) is 0 Å². The van der Waals surface area contributed by atoms with Crippen molar-refractivity contribution in [3.05, 3.63) is 53.6 Å². The number of hydrogen-bond donors (Lipinski definition) is 1. The normalized spacial score (nSPS) is 10.8. The average molecular weight is 356 g/mol. The van der Waals surface area contributed by atoms with Crippen LogP contribution in [0.3, 0.4) is 0 Å². The monoisotopic (exact) mass is 356 g/mol. The molecule has 6 heteroatoms. The third kappa shape index (κ3) is 6.12. The molecule has 0 aliphatic rings. The minimum atomic E-state index is -0.338. The lowest BCUT2D eigenvalue weighted by Crippen LogP contribution is -2.24. The Hall–Kier alpha value is -3.02. The van der Waals surface area contributed by atoms with E-state index in [1.54, 1.807) is 19.2 Å². The first-order valence-corrected chi connectivity index (χ1v) is 8.34. The number of methoxy groups -OCH3 is 1. The van der Waals surface area contributed by atoms with Crippen LogP contribution in [0.15, 0.2) is 47.6 Å². The number of rotatable bonds is 8. The molecule has 6 nitrogen and oxygen atoms in total. The van der Waals surface area contributed by atoms with Gasteiger partial charge < -0.3 is 14.2 Å². The summed E-state index contributed by atoms with van der Waals surface area (Å²) >= 11 is 0. The highest BCUT2D eigenvalue weighted by Gasteiger charge is 2.07. The Morgan fingerprint density at radius 2 is 2.00 bits per heavy atom. The number of ether oxygens (including phenoxy) is 3. The Labute approximate surface area is 153 Å². The van der Waals surface area contributed by atoms with Crippen molar-refractivity contribution in [3.8, 4) is 17.2 Å². The number of carbonyl (C=O) groups excluding carboxylic acids is 1. The number of hydrogen-bond acceptors (Lipinski definition) is 5. The first-order valence-electron chi connectivity index (χ1n) is 8.34. The van der Waals surface area contributed by atoms with Gasteiger partial charge in [-0.3, -0.25) is 4.79 Å². The Kier molecular flexibility index (Phi) is 7.02. The second-order valence-electron chi connectivity index (χ2n) is 5.98. The van der Waals surface area contributed by atoms with Crippen molar-refractivity contribution in [1.82, 2.24) is 5.43 Å². The molecular formula is C20H24N2O4. The Balaban J connectivity index is 1.88. The highest BCUT2D eigenvalue weighted by Crippen LogP contribution is 2.28. The van der Waals surface area contributed by atoms with Gasteiger partial charge in [-0.25, -0.2) is 5.43 Å². The largest absolute Gasteiger partial charge is 0.493 e. The van der Waals surface area contributed by atoms with E-state index in [1.807, 2.05) is 51.1 Å². The zero-order valence-corrected chi connectivity index (χ0v) is 15.5. The fourth-order valence-corrected chi connectivity index (χ4v) is 2.18. The number of nitrogens with one attached hydrogen (secondary N) is 1. The predicted molar refractivity (Wildman–Crippen MR) is 101 cm³/mol. The van der Waals surface area contributed by atoms with Gasteiger partial charge in [0.1, 0.15) is 5.75 Å². The molecule has 138 valence electrons. The molecule has 0 radical (unpaired) electrons. The molecule has 0 fully saturated rings. The summed E-state index contributed by atoms with van der Waals surface area (Å²) < 4.78 is 16.4. The van der Waals surface area contributed by atoms with Crippen molar-refractivity contribution in [2.75, 3.05) is 13.7 Å². The van der Waals surface area contributed by atoms with Crippen molar-refractivity contribution in [1.29, 1.82) is 0 Å². The fourth-order valence-electron chi connectivity index (χ4n) is 2.18. The molecule has 1 amide bonds. The maximum Gasteiger partial charge on any atom is 0.277 e. The van der Waals surface area contributed by atoms with E-state index in [0.717, 1.165) is 11.1 Å². The van der Waals surface area contributed by atoms with E-state index in [2.05, 4.69) is 10.5 Å². The maximum absolute atomic E-state index is 11.8. The summed E-state index contributed by atoms with van der Waals surface area (Å²) in [5, 5.41) is 3.94. The summed E-state index contributed by atoms with van der Waals surface area (Å²) in [6.07, 6.45) is 1.59. The summed E-state index contributed by atoms with van der Waals surface area (Å²) in [6, 6.07) is 12.9.